The first-order valence-electron chi connectivity index (χ1n) is 3.64. The Hall–Kier alpha value is -1.32. The van der Waals surface area contributed by atoms with Crippen molar-refractivity contribution in [3.05, 3.63) is 18.0 Å². The van der Waals surface area contributed by atoms with E-state index in [4.69, 9.17) is 0 Å². The number of hydrogen-bond acceptors (Lipinski definition) is 2. The molecule has 4 nitrogen and oxygen atoms in total. The van der Waals surface area contributed by atoms with Crippen LogP contribution in [0.4, 0.5) is 0 Å². The predicted octanol–water partition coefficient (Wildman–Crippen LogP) is 0.361. The summed E-state index contributed by atoms with van der Waals surface area (Å²) in [5.74, 6) is 0.135. The SMILES string of the molecule is O=C1CCC(c2cn[nH]c2)N1. The van der Waals surface area contributed by atoms with Gasteiger partial charge in [-0.3, -0.25) is 9.89 Å². The number of carbonyl (C=O) groups excluding carboxylic acids is 1. The lowest BCUT2D eigenvalue weighted by Crippen LogP contribution is -2.17. The third-order valence-electron chi connectivity index (χ3n) is 1.92. The van der Waals surface area contributed by atoms with E-state index in [0.29, 0.717) is 6.42 Å². The Bertz CT molecular complexity index is 255. The van der Waals surface area contributed by atoms with Crippen LogP contribution in [0.3, 0.4) is 0 Å². The number of nitrogens with one attached hydrogen (secondary N) is 2. The highest BCUT2D eigenvalue weighted by Gasteiger charge is 2.22. The number of H-pyrrole nitrogens is 1. The summed E-state index contributed by atoms with van der Waals surface area (Å²) in [6.07, 6.45) is 5.08. The lowest BCUT2D eigenvalue weighted by molar-refractivity contribution is -0.119. The van der Waals surface area contributed by atoms with Gasteiger partial charge in [0, 0.05) is 18.2 Å². The molecule has 0 radical (unpaired) electrons. The third-order valence-corrected chi connectivity index (χ3v) is 1.92. The first-order chi connectivity index (χ1) is 5.36. The van der Waals surface area contributed by atoms with Crippen molar-refractivity contribution in [2.45, 2.75) is 18.9 Å². The Kier molecular flexibility index (Phi) is 1.38. The van der Waals surface area contributed by atoms with Crippen LogP contribution in [0.25, 0.3) is 0 Å². The summed E-state index contributed by atoms with van der Waals surface area (Å²) < 4.78 is 0. The van der Waals surface area contributed by atoms with E-state index in [1.165, 1.54) is 0 Å². The molecule has 4 heteroatoms. The molecule has 0 spiro atoms. The highest BCUT2D eigenvalue weighted by Crippen LogP contribution is 2.21. The summed E-state index contributed by atoms with van der Waals surface area (Å²) in [7, 11) is 0. The number of rotatable bonds is 1. The lowest BCUT2D eigenvalue weighted by atomic mass is 10.1. The highest BCUT2D eigenvalue weighted by atomic mass is 16.1. The zero-order valence-electron chi connectivity index (χ0n) is 6.00. The quantitative estimate of drug-likeness (QED) is 0.608. The minimum atomic E-state index is 0.135. The average molecular weight is 151 g/mol. The second-order valence-corrected chi connectivity index (χ2v) is 2.69. The van der Waals surface area contributed by atoms with E-state index in [-0.39, 0.29) is 11.9 Å². The molecular formula is C7H9N3O. The molecule has 2 rings (SSSR count). The molecule has 1 aromatic heterocycles. The van der Waals surface area contributed by atoms with Crippen molar-refractivity contribution < 1.29 is 4.79 Å². The molecule has 1 atom stereocenters. The highest BCUT2D eigenvalue weighted by molar-refractivity contribution is 5.78. The van der Waals surface area contributed by atoms with Crippen LogP contribution in [0.1, 0.15) is 24.4 Å². The first kappa shape index (κ1) is 6.39. The molecule has 0 saturated carbocycles. The molecule has 58 valence electrons. The molecule has 1 aromatic rings. The number of amides is 1. The Balaban J connectivity index is 2.13. The summed E-state index contributed by atoms with van der Waals surface area (Å²) in [5, 5.41) is 9.39. The molecule has 1 unspecified atom stereocenters. The molecule has 1 amide bonds. The molecule has 0 aromatic carbocycles. The van der Waals surface area contributed by atoms with Gasteiger partial charge in [0.05, 0.1) is 12.2 Å². The second kappa shape index (κ2) is 2.38. The predicted molar refractivity (Wildman–Crippen MR) is 38.7 cm³/mol. The van der Waals surface area contributed by atoms with Gasteiger partial charge in [-0.25, -0.2) is 0 Å². The average Bonchev–Trinajstić information content (AvgIpc) is 2.55. The van der Waals surface area contributed by atoms with Crippen LogP contribution >= 0.6 is 0 Å². The topological polar surface area (TPSA) is 57.8 Å². The van der Waals surface area contributed by atoms with Crippen LogP contribution in [0.2, 0.25) is 0 Å². The van der Waals surface area contributed by atoms with Gasteiger partial charge in [-0.05, 0) is 6.42 Å². The van der Waals surface area contributed by atoms with E-state index < -0.39 is 0 Å². The van der Waals surface area contributed by atoms with E-state index >= 15 is 0 Å². The maximum absolute atomic E-state index is 10.8. The van der Waals surface area contributed by atoms with Gasteiger partial charge in [0.2, 0.25) is 5.91 Å². The number of hydrogen-bond donors (Lipinski definition) is 2. The van der Waals surface area contributed by atoms with Crippen molar-refractivity contribution in [2.75, 3.05) is 0 Å². The van der Waals surface area contributed by atoms with Gasteiger partial charge in [-0.1, -0.05) is 0 Å². The van der Waals surface area contributed by atoms with Gasteiger partial charge in [-0.15, -0.1) is 0 Å². The zero-order chi connectivity index (χ0) is 7.68. The van der Waals surface area contributed by atoms with Crippen LogP contribution in [-0.4, -0.2) is 16.1 Å². The Morgan fingerprint density at radius 3 is 3.09 bits per heavy atom. The standard InChI is InChI=1S/C7H9N3O/c11-7-2-1-6(10-7)5-3-8-9-4-5/h3-4,6H,1-2H2,(H,8,9)(H,10,11). The van der Waals surface area contributed by atoms with Crippen LogP contribution < -0.4 is 5.32 Å². The van der Waals surface area contributed by atoms with E-state index in [0.717, 1.165) is 12.0 Å². The minimum Gasteiger partial charge on any atom is -0.349 e. The normalized spacial score (nSPS) is 23.6. The van der Waals surface area contributed by atoms with Crippen molar-refractivity contribution in [1.82, 2.24) is 15.5 Å². The van der Waals surface area contributed by atoms with Crippen molar-refractivity contribution in [2.24, 2.45) is 0 Å². The van der Waals surface area contributed by atoms with Crippen LogP contribution in [0.5, 0.6) is 0 Å². The maximum atomic E-state index is 10.8. The number of nitrogens with zero attached hydrogens (tertiary/aromatic N) is 1. The fourth-order valence-corrected chi connectivity index (χ4v) is 1.32. The number of aromatic amines is 1. The summed E-state index contributed by atoms with van der Waals surface area (Å²) in [6.45, 7) is 0. The van der Waals surface area contributed by atoms with Crippen LogP contribution in [-0.2, 0) is 4.79 Å². The van der Waals surface area contributed by atoms with Crippen LogP contribution in [0, 0.1) is 0 Å². The molecule has 2 N–H and O–H groups in total. The number of aromatic nitrogens is 2. The van der Waals surface area contributed by atoms with E-state index in [1.54, 1.807) is 6.20 Å². The van der Waals surface area contributed by atoms with Crippen LogP contribution in [0.15, 0.2) is 12.4 Å². The minimum absolute atomic E-state index is 0.135. The first-order valence-corrected chi connectivity index (χ1v) is 3.64. The second-order valence-electron chi connectivity index (χ2n) is 2.69. The zero-order valence-corrected chi connectivity index (χ0v) is 6.00. The van der Waals surface area contributed by atoms with E-state index in [9.17, 15) is 4.79 Å². The van der Waals surface area contributed by atoms with Gasteiger partial charge >= 0.3 is 0 Å². The van der Waals surface area contributed by atoms with E-state index in [1.807, 2.05) is 6.20 Å². The summed E-state index contributed by atoms with van der Waals surface area (Å²) in [5.41, 5.74) is 1.07. The lowest BCUT2D eigenvalue weighted by Gasteiger charge is -2.04. The smallest absolute Gasteiger partial charge is 0.220 e. The van der Waals surface area contributed by atoms with Crippen molar-refractivity contribution >= 4 is 5.91 Å². The fourth-order valence-electron chi connectivity index (χ4n) is 1.32. The Morgan fingerprint density at radius 2 is 2.55 bits per heavy atom. The fraction of sp³-hybridized carbons (Fsp3) is 0.429. The summed E-state index contributed by atoms with van der Waals surface area (Å²) >= 11 is 0. The van der Waals surface area contributed by atoms with Gasteiger partial charge in [0.25, 0.3) is 0 Å². The molecule has 1 aliphatic rings. The summed E-state index contributed by atoms with van der Waals surface area (Å²) in [6, 6.07) is 0.182. The van der Waals surface area contributed by atoms with Crippen molar-refractivity contribution in [3.8, 4) is 0 Å². The molecule has 0 bridgehead atoms. The molecule has 1 aliphatic heterocycles. The van der Waals surface area contributed by atoms with Crippen molar-refractivity contribution in [1.29, 1.82) is 0 Å². The van der Waals surface area contributed by atoms with Gasteiger partial charge in [0.1, 0.15) is 0 Å². The monoisotopic (exact) mass is 151 g/mol. The largest absolute Gasteiger partial charge is 0.349 e. The Labute approximate surface area is 64.0 Å². The van der Waals surface area contributed by atoms with Crippen molar-refractivity contribution in [3.63, 3.8) is 0 Å². The molecule has 0 aliphatic carbocycles. The van der Waals surface area contributed by atoms with Gasteiger partial charge < -0.3 is 5.32 Å². The Morgan fingerprint density at radius 1 is 1.64 bits per heavy atom. The third kappa shape index (κ3) is 1.11. The molecular weight excluding hydrogens is 142 g/mol. The van der Waals surface area contributed by atoms with E-state index in [2.05, 4.69) is 15.5 Å². The molecule has 1 saturated heterocycles. The summed E-state index contributed by atoms with van der Waals surface area (Å²) in [4.78, 5) is 10.8. The molecule has 1 fully saturated rings. The molecule has 2 heterocycles. The number of carbonyl (C=O) groups is 1. The maximum Gasteiger partial charge on any atom is 0.220 e. The molecule has 11 heavy (non-hydrogen) atoms. The van der Waals surface area contributed by atoms with Gasteiger partial charge in [0.15, 0.2) is 0 Å². The van der Waals surface area contributed by atoms with Gasteiger partial charge in [-0.2, -0.15) is 5.10 Å².